The van der Waals surface area contributed by atoms with E-state index in [4.69, 9.17) is 14.2 Å². The van der Waals surface area contributed by atoms with Crippen molar-refractivity contribution in [2.45, 2.75) is 135 Å². The van der Waals surface area contributed by atoms with Crippen molar-refractivity contribution in [2.75, 3.05) is 0 Å². The first-order valence-electron chi connectivity index (χ1n) is 20.8. The highest BCUT2D eigenvalue weighted by atomic mass is 16.5. The van der Waals surface area contributed by atoms with Crippen LogP contribution >= 0.6 is 0 Å². The van der Waals surface area contributed by atoms with Crippen LogP contribution in [0.5, 0.6) is 34.5 Å². The lowest BCUT2D eigenvalue weighted by Crippen LogP contribution is -2.26. The fourth-order valence-electron chi connectivity index (χ4n) is 6.52. The zero-order valence-corrected chi connectivity index (χ0v) is 34.5. The van der Waals surface area contributed by atoms with Crippen molar-refractivity contribution in [3.8, 4) is 68.7 Å². The molecular weight excluding hydrogens is 775 g/mol. The van der Waals surface area contributed by atoms with Crippen LogP contribution in [0.15, 0.2) is 54.6 Å². The Balaban J connectivity index is 1.72. The fourth-order valence-corrected chi connectivity index (χ4v) is 6.52. The van der Waals surface area contributed by atoms with Gasteiger partial charge in [-0.15, -0.1) is 0 Å². The molecule has 0 spiro atoms. The Hall–Kier alpha value is -6.12. The summed E-state index contributed by atoms with van der Waals surface area (Å²) in [6.45, 7) is 6.17. The van der Waals surface area contributed by atoms with Crippen LogP contribution in [0.4, 0.5) is 0 Å². The Kier molecular flexibility index (Phi) is 18.2. The van der Waals surface area contributed by atoms with Gasteiger partial charge in [-0.25, -0.2) is 29.3 Å². The van der Waals surface area contributed by atoms with Crippen molar-refractivity contribution in [1.29, 1.82) is 0 Å². The number of aliphatic carboxylic acids is 3. The molecule has 0 fully saturated rings. The van der Waals surface area contributed by atoms with Crippen molar-refractivity contribution in [1.82, 2.24) is 15.0 Å². The Morgan fingerprint density at radius 2 is 0.717 bits per heavy atom. The maximum Gasteiger partial charge on any atom is 0.344 e. The normalized spacial score (nSPS) is 12.7. The first-order chi connectivity index (χ1) is 28.8. The second-order valence-electron chi connectivity index (χ2n) is 14.7. The molecule has 3 atom stereocenters. The number of phenols is 3. The molecule has 324 valence electrons. The van der Waals surface area contributed by atoms with Gasteiger partial charge in [-0.2, -0.15) is 0 Å². The van der Waals surface area contributed by atoms with Gasteiger partial charge in [-0.1, -0.05) is 78.6 Å². The molecule has 0 radical (unpaired) electrons. The van der Waals surface area contributed by atoms with E-state index < -0.39 is 36.2 Å². The summed E-state index contributed by atoms with van der Waals surface area (Å²) in [5.74, 6) is -4.45. The SMILES string of the molecule is CCCCCCC(Oc1ccc(-c2nc(-c3ccc(OC(CCCCCC)C(=O)O)cc3O)nc(-c3ccc(OC(CCCCCC)C(=O)O)cc3O)n2)c(O)c1)C(=O)O. The molecule has 0 saturated carbocycles. The third-order valence-corrected chi connectivity index (χ3v) is 9.89. The Morgan fingerprint density at radius 1 is 0.450 bits per heavy atom. The van der Waals surface area contributed by atoms with Gasteiger partial charge in [0.1, 0.15) is 34.5 Å². The fraction of sp³-hybridized carbons (Fsp3) is 0.467. The molecule has 4 aromatic rings. The number of rotatable bonds is 27. The smallest absolute Gasteiger partial charge is 0.344 e. The van der Waals surface area contributed by atoms with E-state index in [1.807, 2.05) is 0 Å². The minimum absolute atomic E-state index is 0.0840. The van der Waals surface area contributed by atoms with E-state index in [1.165, 1.54) is 54.6 Å². The molecule has 4 rings (SSSR count). The molecule has 0 bridgehead atoms. The highest BCUT2D eigenvalue weighted by Gasteiger charge is 2.25. The van der Waals surface area contributed by atoms with Gasteiger partial charge in [0.15, 0.2) is 35.8 Å². The van der Waals surface area contributed by atoms with Gasteiger partial charge >= 0.3 is 17.9 Å². The van der Waals surface area contributed by atoms with Crippen LogP contribution in [0.2, 0.25) is 0 Å². The third kappa shape index (κ3) is 13.7. The topological polar surface area (TPSA) is 239 Å². The van der Waals surface area contributed by atoms with E-state index >= 15 is 0 Å². The molecule has 0 amide bonds. The molecule has 60 heavy (non-hydrogen) atoms. The summed E-state index contributed by atoms with van der Waals surface area (Å²) >= 11 is 0. The van der Waals surface area contributed by atoms with Crippen molar-refractivity contribution in [3.05, 3.63) is 54.6 Å². The predicted octanol–water partition coefficient (Wildman–Crippen LogP) is 9.40. The van der Waals surface area contributed by atoms with E-state index in [1.54, 1.807) is 0 Å². The maximum absolute atomic E-state index is 12.0. The number of aromatic hydroxyl groups is 3. The molecule has 0 aliphatic carbocycles. The Bertz CT molecular complexity index is 1800. The molecule has 0 aliphatic heterocycles. The van der Waals surface area contributed by atoms with Crippen LogP contribution in [0.1, 0.15) is 117 Å². The number of unbranched alkanes of at least 4 members (excludes halogenated alkanes) is 9. The standard InChI is InChI=1S/C45H57N3O12/c1-4-7-10-13-16-37(43(52)53)58-28-19-22-31(34(49)25-28)40-46-41(32-23-20-29(26-35(32)50)59-38(44(54)55)17-14-11-8-5-2)48-42(47-40)33-24-21-30(27-36(33)51)60-39(45(56)57)18-15-12-9-6-3/h19-27,37-39,49-51H,4-18H2,1-3H3,(H,52,53)(H,54,55)(H,56,57). The third-order valence-electron chi connectivity index (χ3n) is 9.89. The minimum Gasteiger partial charge on any atom is -0.507 e. The number of nitrogens with zero attached hydrogens (tertiary/aromatic N) is 3. The first kappa shape index (κ1) is 46.6. The molecule has 0 saturated heterocycles. The summed E-state index contributed by atoms with van der Waals surface area (Å²) in [7, 11) is 0. The summed E-state index contributed by atoms with van der Waals surface area (Å²) in [5, 5.41) is 63.0. The van der Waals surface area contributed by atoms with Gasteiger partial charge in [0.2, 0.25) is 0 Å². The lowest BCUT2D eigenvalue weighted by molar-refractivity contribution is -0.146. The summed E-state index contributed by atoms with van der Waals surface area (Å²) < 4.78 is 17.2. The van der Waals surface area contributed by atoms with Gasteiger partial charge in [-0.3, -0.25) is 0 Å². The van der Waals surface area contributed by atoms with Crippen molar-refractivity contribution in [3.63, 3.8) is 0 Å². The van der Waals surface area contributed by atoms with Crippen molar-refractivity contribution < 1.29 is 59.2 Å². The second-order valence-corrected chi connectivity index (χ2v) is 14.7. The minimum atomic E-state index is -1.13. The summed E-state index contributed by atoms with van der Waals surface area (Å²) in [6.07, 6.45) is 7.88. The Labute approximate surface area is 350 Å². The summed E-state index contributed by atoms with van der Waals surface area (Å²) in [5.41, 5.74) is 0.252. The largest absolute Gasteiger partial charge is 0.507 e. The van der Waals surface area contributed by atoms with Gasteiger partial charge in [0.05, 0.1) is 16.7 Å². The monoisotopic (exact) mass is 831 g/mol. The van der Waals surface area contributed by atoms with E-state index in [-0.39, 0.29) is 87.9 Å². The number of hydrogen-bond donors (Lipinski definition) is 6. The molecule has 15 heteroatoms. The average molecular weight is 832 g/mol. The van der Waals surface area contributed by atoms with E-state index in [9.17, 15) is 45.0 Å². The van der Waals surface area contributed by atoms with Gasteiger partial charge < -0.3 is 44.8 Å². The molecule has 3 unspecified atom stereocenters. The quantitative estimate of drug-likeness (QED) is 0.0307. The summed E-state index contributed by atoms with van der Waals surface area (Å²) in [6, 6.07) is 12.5. The number of carboxylic acid groups (broad SMARTS) is 3. The van der Waals surface area contributed by atoms with Crippen LogP contribution in [0.25, 0.3) is 34.2 Å². The zero-order chi connectivity index (χ0) is 43.6. The predicted molar refractivity (Wildman–Crippen MR) is 224 cm³/mol. The van der Waals surface area contributed by atoms with E-state index in [0.29, 0.717) is 19.3 Å². The number of benzene rings is 3. The molecule has 0 aliphatic rings. The average Bonchev–Trinajstić information content (AvgIpc) is 3.21. The number of phenolic OH excluding ortho intramolecular Hbond substituents is 3. The molecule has 3 aromatic carbocycles. The van der Waals surface area contributed by atoms with E-state index in [2.05, 4.69) is 35.7 Å². The van der Waals surface area contributed by atoms with Crippen LogP contribution in [0.3, 0.4) is 0 Å². The number of carboxylic acids is 3. The number of aromatic nitrogens is 3. The van der Waals surface area contributed by atoms with Gasteiger partial charge in [0.25, 0.3) is 0 Å². The van der Waals surface area contributed by atoms with Crippen LogP contribution in [-0.2, 0) is 14.4 Å². The number of carbonyl (C=O) groups is 3. The molecule has 1 heterocycles. The first-order valence-corrected chi connectivity index (χ1v) is 20.8. The van der Waals surface area contributed by atoms with E-state index in [0.717, 1.165) is 57.8 Å². The lowest BCUT2D eigenvalue weighted by Gasteiger charge is -2.17. The van der Waals surface area contributed by atoms with Crippen LogP contribution < -0.4 is 14.2 Å². The zero-order valence-electron chi connectivity index (χ0n) is 34.5. The lowest BCUT2D eigenvalue weighted by atomic mass is 10.1. The molecule has 1 aromatic heterocycles. The second kappa shape index (κ2) is 23.5. The molecule has 15 nitrogen and oxygen atoms in total. The Morgan fingerprint density at radius 3 is 0.933 bits per heavy atom. The number of hydrogen-bond acceptors (Lipinski definition) is 12. The number of ether oxygens (including phenoxy) is 3. The van der Waals surface area contributed by atoms with Crippen LogP contribution in [0, 0.1) is 0 Å². The molecular formula is C45H57N3O12. The highest BCUT2D eigenvalue weighted by Crippen LogP contribution is 2.38. The van der Waals surface area contributed by atoms with Crippen molar-refractivity contribution in [2.24, 2.45) is 0 Å². The van der Waals surface area contributed by atoms with Crippen LogP contribution in [-0.4, -0.2) is 81.8 Å². The van der Waals surface area contributed by atoms with Crippen molar-refractivity contribution >= 4 is 17.9 Å². The van der Waals surface area contributed by atoms with Gasteiger partial charge in [0, 0.05) is 18.2 Å². The highest BCUT2D eigenvalue weighted by molar-refractivity contribution is 5.76. The maximum atomic E-state index is 12.0. The van der Waals surface area contributed by atoms with Gasteiger partial charge in [-0.05, 0) is 74.9 Å². The molecule has 6 N–H and O–H groups in total. The summed E-state index contributed by atoms with van der Waals surface area (Å²) in [4.78, 5) is 49.5.